The maximum absolute atomic E-state index is 14.7. The maximum atomic E-state index is 14.7. The van der Waals surface area contributed by atoms with E-state index in [1.807, 2.05) is 0 Å². The van der Waals surface area contributed by atoms with Crippen LogP contribution in [0.1, 0.15) is 35.7 Å². The minimum atomic E-state index is -4.45. The molecule has 180 valence electrons. The van der Waals surface area contributed by atoms with E-state index in [1.165, 1.54) is 12.1 Å². The van der Waals surface area contributed by atoms with Crippen LogP contribution in [0, 0.1) is 5.82 Å². The lowest BCUT2D eigenvalue weighted by Gasteiger charge is -2.14. The SMILES string of the molecule is O=C(Cc1ccc(-c2cnc(Cc3cnc[nH]3)nc2)cc1F)Nc1cc(C2(C(F)(F)F)CC2)on1. The number of alkyl halides is 3. The monoisotopic (exact) mass is 486 g/mol. The average molecular weight is 486 g/mol. The number of carbonyl (C=O) groups excluding carboxylic acids is 1. The molecule has 8 nitrogen and oxygen atoms in total. The van der Waals surface area contributed by atoms with E-state index < -0.39 is 23.3 Å². The van der Waals surface area contributed by atoms with Gasteiger partial charge in [0.25, 0.3) is 0 Å². The number of anilines is 1. The van der Waals surface area contributed by atoms with E-state index in [4.69, 9.17) is 4.52 Å². The number of imidazole rings is 1. The van der Waals surface area contributed by atoms with Crippen LogP contribution < -0.4 is 5.32 Å². The third-order valence-electron chi connectivity index (χ3n) is 5.89. The van der Waals surface area contributed by atoms with Crippen molar-refractivity contribution in [1.29, 1.82) is 0 Å². The molecule has 3 aromatic heterocycles. The van der Waals surface area contributed by atoms with E-state index in [0.717, 1.165) is 11.8 Å². The van der Waals surface area contributed by atoms with Gasteiger partial charge in [-0.25, -0.2) is 19.3 Å². The second-order valence-corrected chi connectivity index (χ2v) is 8.33. The molecule has 0 aliphatic heterocycles. The van der Waals surface area contributed by atoms with Crippen molar-refractivity contribution >= 4 is 11.7 Å². The lowest BCUT2D eigenvalue weighted by atomic mass is 10.0. The zero-order valence-corrected chi connectivity index (χ0v) is 18.1. The molecule has 0 spiro atoms. The van der Waals surface area contributed by atoms with Crippen LogP contribution in [-0.2, 0) is 23.1 Å². The highest BCUT2D eigenvalue weighted by atomic mass is 19.4. The van der Waals surface area contributed by atoms with Crippen molar-refractivity contribution in [1.82, 2.24) is 25.1 Å². The molecule has 1 aliphatic rings. The number of nitrogens with zero attached hydrogens (tertiary/aromatic N) is 4. The highest BCUT2D eigenvalue weighted by molar-refractivity contribution is 5.91. The van der Waals surface area contributed by atoms with Crippen molar-refractivity contribution in [3.63, 3.8) is 0 Å². The molecule has 1 aliphatic carbocycles. The van der Waals surface area contributed by atoms with Gasteiger partial charge in [0.1, 0.15) is 17.1 Å². The molecule has 1 fully saturated rings. The minimum absolute atomic E-state index is 0.0886. The summed E-state index contributed by atoms with van der Waals surface area (Å²) >= 11 is 0. The molecule has 35 heavy (non-hydrogen) atoms. The number of benzene rings is 1. The first-order valence-corrected chi connectivity index (χ1v) is 10.6. The standard InChI is InChI=1S/C23H18F4N6O2/c24-17-5-13(15-9-29-19(30-10-15)7-16-11-28-12-31-16)1-2-14(17)6-21(34)32-20-8-18(35-33-20)22(3-4-22)23(25,26)27/h1-2,5,8-12H,3-4,6-7H2,(H,28,31)(H,32,33,34). The Morgan fingerprint density at radius 3 is 2.51 bits per heavy atom. The van der Waals surface area contributed by atoms with Gasteiger partial charge in [-0.1, -0.05) is 17.3 Å². The number of hydrogen-bond donors (Lipinski definition) is 2. The quantitative estimate of drug-likeness (QED) is 0.376. The number of aromatic nitrogens is 5. The third kappa shape index (κ3) is 4.63. The first-order chi connectivity index (χ1) is 16.7. The van der Waals surface area contributed by atoms with Gasteiger partial charge in [0.2, 0.25) is 5.91 Å². The molecule has 1 amide bonds. The summed E-state index contributed by atoms with van der Waals surface area (Å²) in [5, 5.41) is 5.86. The van der Waals surface area contributed by atoms with Crippen LogP contribution in [0.5, 0.6) is 0 Å². The molecule has 3 heterocycles. The van der Waals surface area contributed by atoms with Crippen molar-refractivity contribution in [3.05, 3.63) is 77.8 Å². The summed E-state index contributed by atoms with van der Waals surface area (Å²) in [4.78, 5) is 27.8. The Bertz CT molecular complexity index is 1350. The van der Waals surface area contributed by atoms with Gasteiger partial charge in [-0.05, 0) is 30.0 Å². The molecular weight excluding hydrogens is 468 g/mol. The molecule has 5 rings (SSSR count). The van der Waals surface area contributed by atoms with E-state index in [2.05, 4.69) is 30.4 Å². The second kappa shape index (κ2) is 8.60. The van der Waals surface area contributed by atoms with Gasteiger partial charge >= 0.3 is 6.18 Å². The molecule has 0 bridgehead atoms. The molecule has 0 radical (unpaired) electrons. The van der Waals surface area contributed by atoms with Gasteiger partial charge in [-0.2, -0.15) is 13.2 Å². The summed E-state index contributed by atoms with van der Waals surface area (Å²) in [5.41, 5.74) is 0.0672. The predicted molar refractivity (Wildman–Crippen MR) is 115 cm³/mol. The Morgan fingerprint density at radius 2 is 1.89 bits per heavy atom. The number of nitrogens with one attached hydrogen (secondary N) is 2. The predicted octanol–water partition coefficient (Wildman–Crippen LogP) is 4.36. The third-order valence-corrected chi connectivity index (χ3v) is 5.89. The van der Waals surface area contributed by atoms with Crippen molar-refractivity contribution in [2.24, 2.45) is 0 Å². The van der Waals surface area contributed by atoms with Crippen LogP contribution in [0.15, 0.2) is 53.7 Å². The summed E-state index contributed by atoms with van der Waals surface area (Å²) in [6, 6.07) is 5.42. The van der Waals surface area contributed by atoms with E-state index in [1.54, 1.807) is 31.0 Å². The smallest absolute Gasteiger partial charge is 0.358 e. The number of rotatable bonds is 7. The van der Waals surface area contributed by atoms with E-state index in [0.29, 0.717) is 23.4 Å². The first-order valence-electron chi connectivity index (χ1n) is 10.6. The molecule has 0 unspecified atom stereocenters. The largest absolute Gasteiger partial charge is 0.401 e. The Kier molecular flexibility index (Phi) is 5.58. The zero-order chi connectivity index (χ0) is 24.6. The topological polar surface area (TPSA) is 110 Å². The van der Waals surface area contributed by atoms with Gasteiger partial charge in [0.15, 0.2) is 11.6 Å². The van der Waals surface area contributed by atoms with Gasteiger partial charge in [-0.15, -0.1) is 0 Å². The van der Waals surface area contributed by atoms with Crippen LogP contribution in [0.25, 0.3) is 11.1 Å². The highest BCUT2D eigenvalue weighted by Crippen LogP contribution is 2.59. The fraction of sp³-hybridized carbons (Fsp3) is 0.261. The fourth-order valence-electron chi connectivity index (χ4n) is 3.73. The van der Waals surface area contributed by atoms with Crippen LogP contribution in [0.4, 0.5) is 23.4 Å². The van der Waals surface area contributed by atoms with Crippen LogP contribution >= 0.6 is 0 Å². The van der Waals surface area contributed by atoms with Crippen molar-refractivity contribution < 1.29 is 26.9 Å². The molecule has 0 saturated heterocycles. The minimum Gasteiger partial charge on any atom is -0.358 e. The highest BCUT2D eigenvalue weighted by Gasteiger charge is 2.66. The van der Waals surface area contributed by atoms with Crippen molar-refractivity contribution in [2.45, 2.75) is 37.3 Å². The Balaban J connectivity index is 1.22. The second-order valence-electron chi connectivity index (χ2n) is 8.33. The molecule has 4 aromatic rings. The number of aromatic amines is 1. The molecule has 1 aromatic carbocycles. The molecule has 1 saturated carbocycles. The van der Waals surface area contributed by atoms with Gasteiger partial charge in [-0.3, -0.25) is 4.79 Å². The van der Waals surface area contributed by atoms with Crippen LogP contribution in [0.2, 0.25) is 0 Å². The van der Waals surface area contributed by atoms with E-state index >= 15 is 0 Å². The molecule has 2 N–H and O–H groups in total. The summed E-state index contributed by atoms with van der Waals surface area (Å²) in [5.74, 6) is -1.17. The normalized spacial score (nSPS) is 14.6. The van der Waals surface area contributed by atoms with Crippen molar-refractivity contribution in [3.8, 4) is 11.1 Å². The van der Waals surface area contributed by atoms with E-state index in [-0.39, 0.29) is 36.4 Å². The lowest BCUT2D eigenvalue weighted by Crippen LogP contribution is -2.28. The summed E-state index contributed by atoms with van der Waals surface area (Å²) in [7, 11) is 0. The van der Waals surface area contributed by atoms with Gasteiger partial charge in [0.05, 0.1) is 12.7 Å². The zero-order valence-electron chi connectivity index (χ0n) is 18.1. The molecule has 12 heteroatoms. The summed E-state index contributed by atoms with van der Waals surface area (Å²) in [6.07, 6.45) is 1.91. The average Bonchev–Trinajstić information content (AvgIpc) is 3.25. The molecule has 0 atom stereocenters. The first kappa shape index (κ1) is 22.7. The summed E-state index contributed by atoms with van der Waals surface area (Å²) < 4.78 is 59.1. The maximum Gasteiger partial charge on any atom is 0.401 e. The van der Waals surface area contributed by atoms with Crippen LogP contribution in [0.3, 0.4) is 0 Å². The Labute approximate surface area is 195 Å². The lowest BCUT2D eigenvalue weighted by molar-refractivity contribution is -0.165. The number of halogens is 4. The number of hydrogen-bond acceptors (Lipinski definition) is 6. The van der Waals surface area contributed by atoms with Crippen molar-refractivity contribution in [2.75, 3.05) is 5.32 Å². The molecular formula is C23H18F4N6O2. The number of amides is 1. The van der Waals surface area contributed by atoms with E-state index in [9.17, 15) is 22.4 Å². The van der Waals surface area contributed by atoms with Gasteiger partial charge in [0, 0.05) is 42.3 Å². The van der Waals surface area contributed by atoms with Gasteiger partial charge < -0.3 is 14.8 Å². The number of carbonyl (C=O) groups is 1. The summed E-state index contributed by atoms with van der Waals surface area (Å²) in [6.45, 7) is 0. The van der Waals surface area contributed by atoms with Crippen LogP contribution in [-0.4, -0.2) is 37.2 Å². The fourth-order valence-corrected chi connectivity index (χ4v) is 3.73. The number of H-pyrrole nitrogens is 1. The Morgan fingerprint density at radius 1 is 1.11 bits per heavy atom. The Hall–Kier alpha value is -4.09.